The number of carbonyl (C=O) groups is 1. The van der Waals surface area contributed by atoms with Crippen LogP contribution in [0.15, 0.2) is 53.4 Å². The monoisotopic (exact) mass is 388 g/mol. The van der Waals surface area contributed by atoms with E-state index >= 15 is 0 Å². The van der Waals surface area contributed by atoms with E-state index in [1.54, 1.807) is 12.1 Å². The number of anilines is 1. The molecule has 0 bridgehead atoms. The third kappa shape index (κ3) is 4.42. The van der Waals surface area contributed by atoms with Gasteiger partial charge in [-0.05, 0) is 62.6 Å². The van der Waals surface area contributed by atoms with E-state index in [-0.39, 0.29) is 23.5 Å². The average Bonchev–Trinajstić information content (AvgIpc) is 2.65. The zero-order chi connectivity index (χ0) is 19.4. The Morgan fingerprint density at radius 1 is 1.15 bits per heavy atom. The molecule has 0 unspecified atom stereocenters. The van der Waals surface area contributed by atoms with Crippen molar-refractivity contribution < 1.29 is 17.9 Å². The van der Waals surface area contributed by atoms with Crippen LogP contribution in [0, 0.1) is 0 Å². The van der Waals surface area contributed by atoms with Gasteiger partial charge in [0.15, 0.2) is 6.61 Å². The van der Waals surface area contributed by atoms with Crippen LogP contribution in [0.5, 0.6) is 5.75 Å². The molecule has 1 heterocycles. The normalized spacial score (nSPS) is 14.0. The summed E-state index contributed by atoms with van der Waals surface area (Å²) in [5, 5.41) is 2.73. The van der Waals surface area contributed by atoms with E-state index in [0.717, 1.165) is 24.1 Å². The second-order valence-corrected chi connectivity index (χ2v) is 8.65. The van der Waals surface area contributed by atoms with Gasteiger partial charge in [-0.15, -0.1) is 0 Å². The van der Waals surface area contributed by atoms with Crippen LogP contribution in [0.1, 0.15) is 25.8 Å². The molecule has 0 spiro atoms. The van der Waals surface area contributed by atoms with Gasteiger partial charge >= 0.3 is 0 Å². The molecule has 6 nitrogen and oxygen atoms in total. The third-order valence-electron chi connectivity index (χ3n) is 4.30. The lowest BCUT2D eigenvalue weighted by Gasteiger charge is -2.30. The van der Waals surface area contributed by atoms with Gasteiger partial charge in [0.2, 0.25) is 0 Å². The molecule has 0 atom stereocenters. The lowest BCUT2D eigenvalue weighted by atomic mass is 10.0. The van der Waals surface area contributed by atoms with Gasteiger partial charge in [-0.25, -0.2) is 8.42 Å². The SMILES string of the molecule is CC(C)NC(=O)COc1ccc(S(=O)(=O)N2CCCc3ccccc32)cc1. The zero-order valence-electron chi connectivity index (χ0n) is 15.5. The minimum atomic E-state index is -3.64. The number of para-hydroxylation sites is 1. The predicted molar refractivity (Wildman–Crippen MR) is 105 cm³/mol. The molecule has 1 aliphatic rings. The quantitative estimate of drug-likeness (QED) is 0.826. The van der Waals surface area contributed by atoms with Crippen LogP contribution in [-0.4, -0.2) is 33.5 Å². The van der Waals surface area contributed by atoms with Crippen molar-refractivity contribution in [3.8, 4) is 5.75 Å². The van der Waals surface area contributed by atoms with Gasteiger partial charge in [0.05, 0.1) is 10.6 Å². The van der Waals surface area contributed by atoms with Gasteiger partial charge in [0.1, 0.15) is 5.75 Å². The van der Waals surface area contributed by atoms with Crippen molar-refractivity contribution in [1.82, 2.24) is 5.32 Å². The molecule has 2 aromatic rings. The molecule has 0 aliphatic carbocycles. The number of nitrogens with zero attached hydrogens (tertiary/aromatic N) is 1. The van der Waals surface area contributed by atoms with Gasteiger partial charge < -0.3 is 10.1 Å². The molecule has 1 aliphatic heterocycles. The largest absolute Gasteiger partial charge is 0.484 e. The highest BCUT2D eigenvalue weighted by molar-refractivity contribution is 7.92. The molecule has 27 heavy (non-hydrogen) atoms. The highest BCUT2D eigenvalue weighted by atomic mass is 32.2. The van der Waals surface area contributed by atoms with Crippen LogP contribution in [0.2, 0.25) is 0 Å². The van der Waals surface area contributed by atoms with Crippen molar-refractivity contribution >= 4 is 21.6 Å². The van der Waals surface area contributed by atoms with Crippen molar-refractivity contribution in [3.05, 3.63) is 54.1 Å². The summed E-state index contributed by atoms with van der Waals surface area (Å²) in [6, 6.07) is 13.8. The standard InChI is InChI=1S/C20H24N2O4S/c1-15(2)21-20(23)14-26-17-9-11-18(12-10-17)27(24,25)22-13-5-7-16-6-3-4-8-19(16)22/h3-4,6,8-12,15H,5,7,13-14H2,1-2H3,(H,21,23). The molecular weight excluding hydrogens is 364 g/mol. The third-order valence-corrected chi connectivity index (χ3v) is 6.13. The smallest absolute Gasteiger partial charge is 0.264 e. The molecule has 0 radical (unpaired) electrons. The molecule has 1 N–H and O–H groups in total. The topological polar surface area (TPSA) is 75.7 Å². The Hall–Kier alpha value is -2.54. The van der Waals surface area contributed by atoms with Crippen molar-refractivity contribution in [2.75, 3.05) is 17.5 Å². The number of ether oxygens (including phenoxy) is 1. The van der Waals surface area contributed by atoms with Crippen molar-refractivity contribution in [1.29, 1.82) is 0 Å². The summed E-state index contributed by atoms with van der Waals surface area (Å²) >= 11 is 0. The Balaban J connectivity index is 1.74. The minimum absolute atomic E-state index is 0.0426. The van der Waals surface area contributed by atoms with E-state index < -0.39 is 10.0 Å². The molecule has 0 aromatic heterocycles. The van der Waals surface area contributed by atoms with E-state index in [4.69, 9.17) is 4.74 Å². The number of fused-ring (bicyclic) bond motifs is 1. The second kappa shape index (κ2) is 8.00. The highest BCUT2D eigenvalue weighted by Crippen LogP contribution is 2.32. The van der Waals surface area contributed by atoms with Gasteiger partial charge in [0, 0.05) is 12.6 Å². The molecule has 3 rings (SSSR count). The summed E-state index contributed by atoms with van der Waals surface area (Å²) in [6.07, 6.45) is 1.68. The maximum atomic E-state index is 13.1. The maximum Gasteiger partial charge on any atom is 0.264 e. The van der Waals surface area contributed by atoms with Crippen molar-refractivity contribution in [2.45, 2.75) is 37.6 Å². The summed E-state index contributed by atoms with van der Waals surface area (Å²) in [5.74, 6) is 0.235. The summed E-state index contributed by atoms with van der Waals surface area (Å²) < 4.78 is 33.0. The number of rotatable bonds is 6. The van der Waals surface area contributed by atoms with E-state index in [2.05, 4.69) is 5.32 Å². The van der Waals surface area contributed by atoms with E-state index in [1.165, 1.54) is 16.4 Å². The molecule has 2 aromatic carbocycles. The van der Waals surface area contributed by atoms with Crippen LogP contribution in [0.4, 0.5) is 5.69 Å². The number of carbonyl (C=O) groups excluding carboxylic acids is 1. The Morgan fingerprint density at radius 2 is 1.85 bits per heavy atom. The van der Waals surface area contributed by atoms with Crippen LogP contribution in [0.3, 0.4) is 0 Å². The number of hydrogen-bond acceptors (Lipinski definition) is 4. The summed E-state index contributed by atoms with van der Waals surface area (Å²) in [7, 11) is -3.64. The molecule has 0 saturated heterocycles. The Labute approximate surface area is 160 Å². The highest BCUT2D eigenvalue weighted by Gasteiger charge is 2.28. The fraction of sp³-hybridized carbons (Fsp3) is 0.350. The maximum absolute atomic E-state index is 13.1. The van der Waals surface area contributed by atoms with Crippen LogP contribution >= 0.6 is 0 Å². The molecular formula is C20H24N2O4S. The number of sulfonamides is 1. The minimum Gasteiger partial charge on any atom is -0.484 e. The second-order valence-electron chi connectivity index (χ2n) is 6.79. The fourth-order valence-corrected chi connectivity index (χ4v) is 4.64. The van der Waals surface area contributed by atoms with Crippen LogP contribution in [0.25, 0.3) is 0 Å². The van der Waals surface area contributed by atoms with E-state index in [9.17, 15) is 13.2 Å². The fourth-order valence-electron chi connectivity index (χ4n) is 3.10. The van der Waals surface area contributed by atoms with Crippen molar-refractivity contribution in [2.24, 2.45) is 0 Å². The predicted octanol–water partition coefficient (Wildman–Crippen LogP) is 2.73. The number of aryl methyl sites for hydroxylation is 1. The molecule has 144 valence electrons. The van der Waals surface area contributed by atoms with E-state index in [1.807, 2.05) is 38.1 Å². The van der Waals surface area contributed by atoms with Gasteiger partial charge in [-0.3, -0.25) is 9.10 Å². The van der Waals surface area contributed by atoms with Gasteiger partial charge in [0.25, 0.3) is 15.9 Å². The molecule has 0 saturated carbocycles. The van der Waals surface area contributed by atoms with Crippen LogP contribution in [-0.2, 0) is 21.2 Å². The van der Waals surface area contributed by atoms with Crippen molar-refractivity contribution in [3.63, 3.8) is 0 Å². The first-order valence-electron chi connectivity index (χ1n) is 9.01. The molecule has 7 heteroatoms. The molecule has 0 fully saturated rings. The lowest BCUT2D eigenvalue weighted by Crippen LogP contribution is -2.35. The Kier molecular flexibility index (Phi) is 5.70. The number of nitrogens with one attached hydrogen (secondary N) is 1. The average molecular weight is 388 g/mol. The number of amides is 1. The molecule has 1 amide bonds. The van der Waals surface area contributed by atoms with Gasteiger partial charge in [-0.1, -0.05) is 18.2 Å². The summed E-state index contributed by atoms with van der Waals surface area (Å²) in [6.45, 7) is 4.10. The first-order chi connectivity index (χ1) is 12.9. The number of hydrogen-bond donors (Lipinski definition) is 1. The van der Waals surface area contributed by atoms with Crippen LogP contribution < -0.4 is 14.4 Å². The first kappa shape index (κ1) is 19.2. The lowest BCUT2D eigenvalue weighted by molar-refractivity contribution is -0.123. The first-order valence-corrected chi connectivity index (χ1v) is 10.4. The Morgan fingerprint density at radius 3 is 2.56 bits per heavy atom. The summed E-state index contributed by atoms with van der Waals surface area (Å²) in [4.78, 5) is 11.8. The number of benzene rings is 2. The Bertz CT molecular complexity index is 908. The van der Waals surface area contributed by atoms with Gasteiger partial charge in [-0.2, -0.15) is 0 Å². The van der Waals surface area contributed by atoms with E-state index in [0.29, 0.717) is 12.3 Å². The summed E-state index contributed by atoms with van der Waals surface area (Å²) in [5.41, 5.74) is 1.79. The zero-order valence-corrected chi connectivity index (χ0v) is 16.3.